The van der Waals surface area contributed by atoms with Crippen LogP contribution >= 0.6 is 0 Å². The molecule has 1 aliphatic heterocycles. The highest BCUT2D eigenvalue weighted by Gasteiger charge is 2.32. The Morgan fingerprint density at radius 1 is 0.493 bits per heavy atom. The Balaban J connectivity index is 0.000000211. The van der Waals surface area contributed by atoms with Crippen LogP contribution in [-0.4, -0.2) is 162 Å². The van der Waals surface area contributed by atoms with Crippen LogP contribution in [-0.2, 0) is 120 Å². The number of rotatable bonds is 44. The molecule has 7 aromatic carbocycles. The molecule has 26 heteroatoms. The number of fused-ring (bicyclic) bond motifs is 6. The summed E-state index contributed by atoms with van der Waals surface area (Å²) in [5.74, 6) is -3.74. The van der Waals surface area contributed by atoms with E-state index in [1.165, 1.54) is 181 Å². The van der Waals surface area contributed by atoms with Crippen LogP contribution in [0.2, 0.25) is 0 Å². The molecule has 0 spiro atoms. The number of aromatic amines is 1. The molecule has 2 aliphatic carbocycles. The number of aliphatic hydroxyl groups excluding tert-OH is 2. The van der Waals surface area contributed by atoms with Crippen molar-refractivity contribution in [1.82, 2.24) is 38.6 Å². The van der Waals surface area contributed by atoms with Gasteiger partial charge in [-0.3, -0.25) is 28.8 Å². The summed E-state index contributed by atoms with van der Waals surface area (Å²) >= 11 is 0. The number of methoxy groups -OCH3 is 3. The Hall–Kier alpha value is -12.5. The lowest BCUT2D eigenvalue weighted by Crippen LogP contribution is -2.33. The second kappa shape index (κ2) is 62.4. The van der Waals surface area contributed by atoms with E-state index in [1.807, 2.05) is 72.5 Å². The van der Waals surface area contributed by atoms with Gasteiger partial charge in [-0.15, -0.1) is 0 Å². The van der Waals surface area contributed by atoms with Crippen molar-refractivity contribution in [3.63, 3.8) is 0 Å². The van der Waals surface area contributed by atoms with Gasteiger partial charge >= 0.3 is 41.9 Å². The number of carbonyl (C=O) groups is 7. The van der Waals surface area contributed by atoms with Crippen molar-refractivity contribution in [3.8, 4) is 22.3 Å². The number of unbranched alkanes of at least 4 members (excludes halogenated alkanes) is 15. The first kappa shape index (κ1) is 111. The summed E-state index contributed by atoms with van der Waals surface area (Å²) in [6, 6.07) is 64.4. The Bertz CT molecular complexity index is 5230. The fraction of sp³-hybridized carbons (Fsp3) is 0.455. The molecule has 0 amide bonds. The van der Waals surface area contributed by atoms with E-state index in [4.69, 9.17) is 39.6 Å². The molecule has 26 nitrogen and oxygen atoms in total. The molecule has 1 unspecified atom stereocenters. The second-order valence-corrected chi connectivity index (χ2v) is 36.2. The van der Waals surface area contributed by atoms with E-state index in [9.17, 15) is 38.7 Å². The van der Waals surface area contributed by atoms with Crippen molar-refractivity contribution in [1.29, 1.82) is 0 Å². The third-order valence-electron chi connectivity index (χ3n) is 24.1. The average molecular weight is 1890 g/mol. The summed E-state index contributed by atoms with van der Waals surface area (Å²) in [5.41, 5.74) is 22.3. The number of nitrogens with zero attached hydrogens (tertiary/aromatic N) is 7. The first-order valence-corrected chi connectivity index (χ1v) is 49.0. The molecule has 0 saturated carbocycles. The van der Waals surface area contributed by atoms with Gasteiger partial charge in [0.25, 0.3) is 0 Å². The number of carbonyl (C=O) groups excluding carboxylic acids is 6. The van der Waals surface area contributed by atoms with Crippen LogP contribution in [0.3, 0.4) is 0 Å². The Morgan fingerprint density at radius 3 is 1.28 bits per heavy atom. The first-order chi connectivity index (χ1) is 66.9. The standard InChI is InChI=1S/C36H40N2O4.C22H32N2O2.C16H14O2.C14H22O.C13H20N2O4.C7H11N3O2.C4H8O2/c39-35(42-25-34-32-19-11-9-17-30(32)31-18-10-12-20-33(31)34)23-28(36(40)41)22-29-24-37-26-38(29)21-13-4-2-1-3-6-14-27-15-7-5-8-16-27;1-19(22(25)26-2)16-21-17-23-18-24(21)15-11-6-4-3-5-8-12-20-13-9-7-10-14-20;1-11(17)18-10-16-14-8-4-2-6-12(14)13-7-3-5-9-15(13)16;15-13-9-4-2-1-3-6-10-14-11-7-5-8-12-14;1-9(11(16)18-5)6-10-7-15(8-14-10)12(17)19-13(2,3)4;1-12-7(11)6(8)2-5-3-9-4-10-5;5-4-2-1-3-6-4/h5,7-12,15-20,24,26,28,34H,1-4,6,13-14,21-23,25H2,(H,40,41);7,9-10,13-14,17-19H,3-6,8,11-12,15-16H2,1-2H3;2-9,16H,10H2,1H3;5,7-8,11-12,15H,1-4,6,9-10,13H2;7-9H,6H2,1-5H3;3-4,6H,2,8H2,1H3,(H,9,10);4-5H,1-3H2/t28-;19-;;;9-;6-;/m10..00./s1. The summed E-state index contributed by atoms with van der Waals surface area (Å²) in [7, 11) is 4.10. The number of nitrogens with one attached hydrogen (secondary N) is 1. The lowest BCUT2D eigenvalue weighted by molar-refractivity contribution is -0.151. The summed E-state index contributed by atoms with van der Waals surface area (Å²) < 4.78 is 40.2. The van der Waals surface area contributed by atoms with E-state index in [0.717, 1.165) is 104 Å². The third-order valence-corrected chi connectivity index (χ3v) is 24.1. The van der Waals surface area contributed by atoms with Crippen molar-refractivity contribution >= 4 is 41.9 Å². The normalized spacial score (nSPS) is 13.4. The molecule has 0 bridgehead atoms. The van der Waals surface area contributed by atoms with Gasteiger partial charge in [0, 0.05) is 119 Å². The van der Waals surface area contributed by atoms with Crippen LogP contribution in [0, 0.1) is 17.8 Å². The monoisotopic (exact) mass is 1890 g/mol. The summed E-state index contributed by atoms with van der Waals surface area (Å²) in [6.07, 6.45) is 41.3. The summed E-state index contributed by atoms with van der Waals surface area (Å²) in [4.78, 5) is 101. The van der Waals surface area contributed by atoms with E-state index in [0.29, 0.717) is 38.2 Å². The first-order valence-electron chi connectivity index (χ1n) is 49.0. The number of carboxylic acids is 1. The van der Waals surface area contributed by atoms with Crippen LogP contribution < -0.4 is 5.73 Å². The molecule has 14 rings (SSSR count). The highest BCUT2D eigenvalue weighted by molar-refractivity contribution is 5.82. The van der Waals surface area contributed by atoms with Gasteiger partial charge in [-0.25, -0.2) is 29.3 Å². The van der Waals surface area contributed by atoms with Gasteiger partial charge in [-0.1, -0.05) is 279 Å². The van der Waals surface area contributed by atoms with Crippen molar-refractivity contribution in [2.75, 3.05) is 47.8 Å². The highest BCUT2D eigenvalue weighted by atomic mass is 16.6. The number of imidazole rings is 4. The largest absolute Gasteiger partial charge is 0.481 e. The number of carboxylic acid groups (broad SMARTS) is 1. The lowest BCUT2D eigenvalue weighted by Gasteiger charge is -2.19. The predicted octanol–water partition coefficient (Wildman–Crippen LogP) is 20.8. The zero-order valence-electron chi connectivity index (χ0n) is 82.4. The topological polar surface area (TPSA) is 353 Å². The molecular formula is C112H147N9O17. The third kappa shape index (κ3) is 40.3. The van der Waals surface area contributed by atoms with E-state index in [-0.39, 0.29) is 61.0 Å². The minimum Gasteiger partial charge on any atom is -0.481 e. The molecule has 1 fully saturated rings. The van der Waals surface area contributed by atoms with Crippen LogP contribution in [0.25, 0.3) is 22.3 Å². The SMILES string of the molecule is CC(=O)OCC1c2ccccc2-c2ccccc21.COC(=O)[C@@H](C)Cc1cn(C(=O)OC(C)(C)C)cn1.COC(=O)[C@@H](C)Cc1cncn1CCCCCCCCc1ccccc1.COC(=O)[C@@H](N)Cc1cnc[nH]1.O=C(C[C@@H](Cc1cncn1CCCCCCCCc1ccccc1)C(=O)O)OCC1c2ccccc2-c2ccccc21.OC1CCCO1.OCCCCCCCCc1ccccc1. The number of esters is 5. The number of nitrogens with two attached hydrogens (primary N) is 1. The number of ether oxygens (including phenoxy) is 7. The maximum atomic E-state index is 12.8. The van der Waals surface area contributed by atoms with Gasteiger partial charge < -0.3 is 68.3 Å². The minimum atomic E-state index is -0.994. The number of aromatic nitrogens is 8. The number of benzene rings is 7. The molecule has 0 radical (unpaired) electrons. The zero-order chi connectivity index (χ0) is 99.1. The maximum Gasteiger partial charge on any atom is 0.419 e. The number of aryl methyl sites for hydroxylation is 5. The van der Waals surface area contributed by atoms with Crippen LogP contribution in [0.5, 0.6) is 0 Å². The van der Waals surface area contributed by atoms with Gasteiger partial charge in [0.2, 0.25) is 0 Å². The minimum absolute atomic E-state index is 0.0464. The lowest BCUT2D eigenvalue weighted by atomic mass is 9.97. The highest BCUT2D eigenvalue weighted by Crippen LogP contribution is 2.46. The number of hydrogen-bond donors (Lipinski definition) is 5. The molecule has 1 saturated heterocycles. The molecule has 138 heavy (non-hydrogen) atoms. The second-order valence-electron chi connectivity index (χ2n) is 36.2. The van der Waals surface area contributed by atoms with Crippen molar-refractivity contribution < 1.29 is 82.0 Å². The number of aliphatic carboxylic acids is 1. The Morgan fingerprint density at radius 2 is 0.899 bits per heavy atom. The Kier molecular flexibility index (Phi) is 50.1. The van der Waals surface area contributed by atoms with Crippen molar-refractivity contribution in [3.05, 3.63) is 300 Å². The molecule has 6 N–H and O–H groups in total. The molecule has 5 atom stereocenters. The summed E-state index contributed by atoms with van der Waals surface area (Å²) in [5, 5.41) is 27.0. The van der Waals surface area contributed by atoms with Crippen molar-refractivity contribution in [2.24, 2.45) is 23.5 Å². The zero-order valence-corrected chi connectivity index (χ0v) is 82.4. The molecule has 5 heterocycles. The molecule has 11 aromatic rings. The molecular weight excluding hydrogens is 1740 g/mol. The number of aliphatic hydroxyl groups is 2. The van der Waals surface area contributed by atoms with E-state index in [1.54, 1.807) is 58.9 Å². The van der Waals surface area contributed by atoms with Crippen molar-refractivity contribution in [2.45, 2.75) is 264 Å². The summed E-state index contributed by atoms with van der Waals surface area (Å²) in [6.45, 7) is 14.0. The Labute approximate surface area is 815 Å². The van der Waals surface area contributed by atoms with E-state index in [2.05, 4.69) is 178 Å². The average Bonchev–Trinajstić information content (AvgIpc) is 1.62. The fourth-order valence-electron chi connectivity index (χ4n) is 16.7. The number of H-pyrrole nitrogens is 1. The van der Waals surface area contributed by atoms with Crippen LogP contribution in [0.4, 0.5) is 4.79 Å². The molecule has 4 aromatic heterocycles. The smallest absolute Gasteiger partial charge is 0.419 e. The van der Waals surface area contributed by atoms with Gasteiger partial charge in [0.05, 0.1) is 70.2 Å². The van der Waals surface area contributed by atoms with E-state index >= 15 is 0 Å². The fourth-order valence-corrected chi connectivity index (χ4v) is 16.7. The molecule has 3 aliphatic rings. The van der Waals surface area contributed by atoms with E-state index < -0.39 is 47.9 Å². The van der Waals surface area contributed by atoms with Crippen LogP contribution in [0.1, 0.15) is 250 Å². The van der Waals surface area contributed by atoms with Gasteiger partial charge in [0.15, 0.2) is 6.29 Å². The number of hydrogen-bond acceptors (Lipinski definition) is 21. The predicted molar refractivity (Wildman–Crippen MR) is 537 cm³/mol. The molecule has 742 valence electrons. The maximum absolute atomic E-state index is 12.8. The quantitative estimate of drug-likeness (QED) is 0.0134. The van der Waals surface area contributed by atoms with Gasteiger partial charge in [0.1, 0.15) is 31.2 Å². The van der Waals surface area contributed by atoms with Gasteiger partial charge in [-0.05, 0) is 146 Å². The van der Waals surface area contributed by atoms with Gasteiger partial charge in [-0.2, -0.15) is 0 Å². The van der Waals surface area contributed by atoms with Crippen LogP contribution in [0.15, 0.2) is 238 Å².